The van der Waals surface area contributed by atoms with Gasteiger partial charge < -0.3 is 10.1 Å². The first-order valence-corrected chi connectivity index (χ1v) is 7.00. The number of rotatable bonds is 4. The number of nitrogens with zero attached hydrogens (tertiary/aromatic N) is 3. The van der Waals surface area contributed by atoms with Crippen molar-refractivity contribution < 1.29 is 4.74 Å². The standard InChI is InChI=1S/C16H18N4O/c1-4-17-14-10-20-8-7-18-15(20)16(19-14)21-13-9-11(2)5-6-12(13)3/h5-10,17H,4H2,1-3H3. The maximum absolute atomic E-state index is 6.01. The van der Waals surface area contributed by atoms with Crippen molar-refractivity contribution in [2.75, 3.05) is 11.9 Å². The SMILES string of the molecule is CCNc1cn2ccnc2c(Oc2cc(C)ccc2C)n1. The summed E-state index contributed by atoms with van der Waals surface area (Å²) in [5.74, 6) is 2.08. The first kappa shape index (κ1) is 13.4. The van der Waals surface area contributed by atoms with E-state index in [1.54, 1.807) is 6.20 Å². The number of fused-ring (bicyclic) bond motifs is 1. The minimum Gasteiger partial charge on any atom is -0.436 e. The fourth-order valence-corrected chi connectivity index (χ4v) is 2.16. The molecule has 0 unspecified atom stereocenters. The minimum absolute atomic E-state index is 0.507. The van der Waals surface area contributed by atoms with Crippen LogP contribution < -0.4 is 10.1 Å². The molecule has 0 fully saturated rings. The second-order valence-electron chi connectivity index (χ2n) is 4.99. The van der Waals surface area contributed by atoms with Crippen LogP contribution in [0.15, 0.2) is 36.8 Å². The van der Waals surface area contributed by atoms with E-state index >= 15 is 0 Å². The molecule has 3 rings (SSSR count). The summed E-state index contributed by atoms with van der Waals surface area (Å²) in [6, 6.07) is 6.12. The average molecular weight is 282 g/mol. The van der Waals surface area contributed by atoms with Gasteiger partial charge in [0.1, 0.15) is 11.6 Å². The lowest BCUT2D eigenvalue weighted by Gasteiger charge is -2.11. The number of aryl methyl sites for hydroxylation is 2. The zero-order valence-corrected chi connectivity index (χ0v) is 12.4. The Morgan fingerprint density at radius 3 is 2.95 bits per heavy atom. The second kappa shape index (κ2) is 5.44. The topological polar surface area (TPSA) is 51.5 Å². The van der Waals surface area contributed by atoms with Crippen LogP contribution in [0.25, 0.3) is 5.65 Å². The molecule has 0 aliphatic carbocycles. The number of hydrogen-bond donors (Lipinski definition) is 1. The lowest BCUT2D eigenvalue weighted by atomic mass is 10.1. The number of anilines is 1. The smallest absolute Gasteiger partial charge is 0.265 e. The largest absolute Gasteiger partial charge is 0.436 e. The summed E-state index contributed by atoms with van der Waals surface area (Å²) in [6.07, 6.45) is 5.53. The van der Waals surface area contributed by atoms with Gasteiger partial charge in [-0.15, -0.1) is 0 Å². The minimum atomic E-state index is 0.507. The number of aromatic nitrogens is 3. The molecule has 0 aliphatic heterocycles. The van der Waals surface area contributed by atoms with Crippen molar-refractivity contribution >= 4 is 11.5 Å². The van der Waals surface area contributed by atoms with Gasteiger partial charge in [0.2, 0.25) is 5.65 Å². The summed E-state index contributed by atoms with van der Waals surface area (Å²) < 4.78 is 7.92. The first-order chi connectivity index (χ1) is 10.2. The predicted octanol–water partition coefficient (Wildman–Crippen LogP) is 3.57. The van der Waals surface area contributed by atoms with E-state index in [9.17, 15) is 0 Å². The summed E-state index contributed by atoms with van der Waals surface area (Å²) in [5.41, 5.74) is 2.93. The Morgan fingerprint density at radius 2 is 2.14 bits per heavy atom. The molecule has 2 aromatic heterocycles. The van der Waals surface area contributed by atoms with E-state index in [1.807, 2.05) is 49.7 Å². The Kier molecular flexibility index (Phi) is 3.48. The van der Waals surface area contributed by atoms with E-state index in [4.69, 9.17) is 4.74 Å². The second-order valence-corrected chi connectivity index (χ2v) is 4.99. The van der Waals surface area contributed by atoms with Crippen molar-refractivity contribution in [2.24, 2.45) is 0 Å². The predicted molar refractivity (Wildman–Crippen MR) is 83.1 cm³/mol. The first-order valence-electron chi connectivity index (χ1n) is 7.00. The van der Waals surface area contributed by atoms with E-state index in [0.717, 1.165) is 29.2 Å². The highest BCUT2D eigenvalue weighted by Crippen LogP contribution is 2.28. The number of benzene rings is 1. The zero-order chi connectivity index (χ0) is 14.8. The van der Waals surface area contributed by atoms with Gasteiger partial charge in [-0.1, -0.05) is 12.1 Å². The van der Waals surface area contributed by atoms with Crippen molar-refractivity contribution in [2.45, 2.75) is 20.8 Å². The third-order valence-corrected chi connectivity index (χ3v) is 3.25. The number of nitrogens with one attached hydrogen (secondary N) is 1. The maximum Gasteiger partial charge on any atom is 0.265 e. The van der Waals surface area contributed by atoms with Gasteiger partial charge in [0.15, 0.2) is 0 Å². The van der Waals surface area contributed by atoms with E-state index in [2.05, 4.69) is 21.4 Å². The molecule has 5 heteroatoms. The molecule has 2 heterocycles. The lowest BCUT2D eigenvalue weighted by molar-refractivity contribution is 0.462. The molecule has 0 aliphatic rings. The van der Waals surface area contributed by atoms with Gasteiger partial charge in [-0.3, -0.25) is 4.40 Å². The Labute approximate surface area is 123 Å². The van der Waals surface area contributed by atoms with E-state index < -0.39 is 0 Å². The third-order valence-electron chi connectivity index (χ3n) is 3.25. The highest BCUT2D eigenvalue weighted by Gasteiger charge is 2.11. The summed E-state index contributed by atoms with van der Waals surface area (Å²) in [5, 5.41) is 3.20. The molecular formula is C16H18N4O. The monoisotopic (exact) mass is 282 g/mol. The van der Waals surface area contributed by atoms with Crippen molar-refractivity contribution in [1.29, 1.82) is 0 Å². The Hall–Kier alpha value is -2.56. The van der Waals surface area contributed by atoms with E-state index in [-0.39, 0.29) is 0 Å². The van der Waals surface area contributed by atoms with Crippen molar-refractivity contribution in [3.05, 3.63) is 47.9 Å². The molecule has 1 N–H and O–H groups in total. The van der Waals surface area contributed by atoms with Gasteiger partial charge >= 0.3 is 0 Å². The van der Waals surface area contributed by atoms with Crippen molar-refractivity contribution in [1.82, 2.24) is 14.4 Å². The fourth-order valence-electron chi connectivity index (χ4n) is 2.16. The van der Waals surface area contributed by atoms with Crippen LogP contribution in [0.5, 0.6) is 11.6 Å². The molecule has 21 heavy (non-hydrogen) atoms. The highest BCUT2D eigenvalue weighted by molar-refractivity contribution is 5.55. The Balaban J connectivity index is 2.06. The zero-order valence-electron chi connectivity index (χ0n) is 12.4. The Morgan fingerprint density at radius 1 is 1.29 bits per heavy atom. The van der Waals surface area contributed by atoms with Crippen LogP contribution in [0.4, 0.5) is 5.82 Å². The molecular weight excluding hydrogens is 264 g/mol. The molecule has 0 saturated heterocycles. The molecule has 1 aromatic carbocycles. The summed E-state index contributed by atoms with van der Waals surface area (Å²) >= 11 is 0. The van der Waals surface area contributed by atoms with Crippen LogP contribution in [0.3, 0.4) is 0 Å². The molecule has 0 saturated carbocycles. The van der Waals surface area contributed by atoms with E-state index in [1.165, 1.54) is 0 Å². The average Bonchev–Trinajstić information content (AvgIpc) is 2.92. The molecule has 0 bridgehead atoms. The van der Waals surface area contributed by atoms with Crippen LogP contribution in [0, 0.1) is 13.8 Å². The van der Waals surface area contributed by atoms with Crippen LogP contribution in [0.2, 0.25) is 0 Å². The quantitative estimate of drug-likeness (QED) is 0.794. The molecule has 0 atom stereocenters. The maximum atomic E-state index is 6.01. The molecule has 108 valence electrons. The van der Waals surface area contributed by atoms with E-state index in [0.29, 0.717) is 11.5 Å². The van der Waals surface area contributed by atoms with Crippen molar-refractivity contribution in [3.8, 4) is 11.6 Å². The molecule has 0 radical (unpaired) electrons. The molecule has 3 aromatic rings. The van der Waals surface area contributed by atoms with Crippen molar-refractivity contribution in [3.63, 3.8) is 0 Å². The van der Waals surface area contributed by atoms with Crippen LogP contribution in [0.1, 0.15) is 18.1 Å². The van der Waals surface area contributed by atoms with Gasteiger partial charge in [0.25, 0.3) is 5.88 Å². The summed E-state index contributed by atoms with van der Waals surface area (Å²) in [7, 11) is 0. The summed E-state index contributed by atoms with van der Waals surface area (Å²) in [4.78, 5) is 8.83. The lowest BCUT2D eigenvalue weighted by Crippen LogP contribution is -2.03. The number of imidazole rings is 1. The Bertz CT molecular complexity index is 779. The summed E-state index contributed by atoms with van der Waals surface area (Å²) in [6.45, 7) is 6.90. The normalized spacial score (nSPS) is 10.8. The molecule has 5 nitrogen and oxygen atoms in total. The number of hydrogen-bond acceptors (Lipinski definition) is 4. The fraction of sp³-hybridized carbons (Fsp3) is 0.250. The van der Waals surface area contributed by atoms with Gasteiger partial charge in [0.05, 0.1) is 6.20 Å². The van der Waals surface area contributed by atoms with Crippen LogP contribution >= 0.6 is 0 Å². The molecule has 0 spiro atoms. The van der Waals surface area contributed by atoms with Crippen LogP contribution in [-0.2, 0) is 0 Å². The molecule has 0 amide bonds. The van der Waals surface area contributed by atoms with Gasteiger partial charge in [-0.2, -0.15) is 4.98 Å². The van der Waals surface area contributed by atoms with Gasteiger partial charge in [0, 0.05) is 18.9 Å². The highest BCUT2D eigenvalue weighted by atomic mass is 16.5. The number of ether oxygens (including phenoxy) is 1. The van der Waals surface area contributed by atoms with Crippen LogP contribution in [-0.4, -0.2) is 20.9 Å². The van der Waals surface area contributed by atoms with Gasteiger partial charge in [-0.05, 0) is 38.0 Å². The third kappa shape index (κ3) is 2.67. The van der Waals surface area contributed by atoms with Gasteiger partial charge in [-0.25, -0.2) is 4.98 Å².